The molecule has 1 aromatic rings. The molecule has 1 aliphatic rings. The van der Waals surface area contributed by atoms with E-state index in [0.717, 1.165) is 12.0 Å². The summed E-state index contributed by atoms with van der Waals surface area (Å²) in [6.45, 7) is 0. The topological polar surface area (TPSA) is 124 Å². The fourth-order valence-corrected chi connectivity index (χ4v) is 2.06. The van der Waals surface area contributed by atoms with Gasteiger partial charge >= 0.3 is 11.9 Å². The summed E-state index contributed by atoms with van der Waals surface area (Å²) in [6, 6.07) is 7.97. The molecular weight excluding hydrogens is 276 g/mol. The van der Waals surface area contributed by atoms with Crippen LogP contribution in [0.15, 0.2) is 36.4 Å². The van der Waals surface area contributed by atoms with Crippen LogP contribution >= 0.6 is 0 Å². The van der Waals surface area contributed by atoms with Gasteiger partial charge in [-0.2, -0.15) is 0 Å². The molecule has 0 fully saturated rings. The molecule has 7 nitrogen and oxygen atoms in total. The maximum Gasteiger partial charge on any atom is 0.328 e. The van der Waals surface area contributed by atoms with Crippen molar-refractivity contribution in [1.29, 1.82) is 0 Å². The molecule has 0 spiro atoms. The highest BCUT2D eigenvalue weighted by Crippen LogP contribution is 2.32. The Morgan fingerprint density at radius 1 is 1.24 bits per heavy atom. The highest BCUT2D eigenvalue weighted by Gasteiger charge is 2.32. The number of aliphatic hydroxyl groups excluding tert-OH is 1. The largest absolute Gasteiger partial charge is 0.478 e. The summed E-state index contributed by atoms with van der Waals surface area (Å²) in [4.78, 5) is 19.1. The molecule has 0 aromatic heterocycles. The molecule has 2 atom stereocenters. The number of aliphatic carboxylic acids is 2. The standard InChI is InChI=1S/C10H14N2O.C4H4O4/c1-12(11)9-6-7-4-2-3-5-8(7)10(9)13;5-3(6)1-2-4(7)8/h2-5,9-10,13H,6,11H2,1H3;1-2H,(H,5,6)(H,7,8)/b;2-1-/t9-,10-;/m0./s1. The Morgan fingerprint density at radius 2 is 1.76 bits per heavy atom. The zero-order chi connectivity index (χ0) is 16.0. The van der Waals surface area contributed by atoms with Crippen LogP contribution in [0.5, 0.6) is 0 Å². The quantitative estimate of drug-likeness (QED) is 0.355. The molecule has 2 rings (SSSR count). The third-order valence-corrected chi connectivity index (χ3v) is 3.06. The Kier molecular flexibility index (Phi) is 6.04. The van der Waals surface area contributed by atoms with E-state index in [-0.39, 0.29) is 6.04 Å². The van der Waals surface area contributed by atoms with Crippen LogP contribution in [0, 0.1) is 0 Å². The van der Waals surface area contributed by atoms with Gasteiger partial charge in [0.15, 0.2) is 0 Å². The average Bonchev–Trinajstić information content (AvgIpc) is 2.75. The number of hydrogen-bond donors (Lipinski definition) is 4. The number of benzene rings is 1. The smallest absolute Gasteiger partial charge is 0.328 e. The Morgan fingerprint density at radius 3 is 2.19 bits per heavy atom. The number of fused-ring (bicyclic) bond motifs is 1. The summed E-state index contributed by atoms with van der Waals surface area (Å²) < 4.78 is 0. The van der Waals surface area contributed by atoms with Gasteiger partial charge in [0.1, 0.15) is 0 Å². The summed E-state index contributed by atoms with van der Waals surface area (Å²) in [5.74, 6) is 3.13. The van der Waals surface area contributed by atoms with Crippen LogP contribution in [-0.4, -0.2) is 45.4 Å². The minimum atomic E-state index is -1.26. The van der Waals surface area contributed by atoms with E-state index in [1.807, 2.05) is 24.3 Å². The zero-order valence-electron chi connectivity index (χ0n) is 11.5. The SMILES string of the molecule is CN(N)[C@H]1Cc2ccccc2[C@@H]1O.O=C(O)/C=C\C(=O)O. The van der Waals surface area contributed by atoms with Crippen LogP contribution < -0.4 is 5.84 Å². The van der Waals surface area contributed by atoms with Crippen LogP contribution in [-0.2, 0) is 16.0 Å². The Hall–Kier alpha value is -2.22. The summed E-state index contributed by atoms with van der Waals surface area (Å²) in [5.41, 5.74) is 2.22. The van der Waals surface area contributed by atoms with Crippen LogP contribution in [0.2, 0.25) is 0 Å². The van der Waals surface area contributed by atoms with Gasteiger partial charge in [-0.1, -0.05) is 24.3 Å². The molecule has 7 heteroatoms. The second-order valence-corrected chi connectivity index (χ2v) is 4.59. The van der Waals surface area contributed by atoms with Crippen molar-refractivity contribution in [1.82, 2.24) is 5.01 Å². The maximum absolute atomic E-state index is 9.89. The molecule has 21 heavy (non-hydrogen) atoms. The van der Waals surface area contributed by atoms with Gasteiger partial charge in [-0.25, -0.2) is 14.6 Å². The number of rotatable bonds is 3. The lowest BCUT2D eigenvalue weighted by atomic mass is 10.1. The van der Waals surface area contributed by atoms with Gasteiger partial charge in [-0.3, -0.25) is 5.84 Å². The van der Waals surface area contributed by atoms with Gasteiger partial charge in [0.2, 0.25) is 0 Å². The van der Waals surface area contributed by atoms with Crippen LogP contribution in [0.1, 0.15) is 17.2 Å². The van der Waals surface area contributed by atoms with E-state index in [1.165, 1.54) is 5.56 Å². The fraction of sp³-hybridized carbons (Fsp3) is 0.286. The van der Waals surface area contributed by atoms with Gasteiger partial charge in [0, 0.05) is 19.2 Å². The molecule has 114 valence electrons. The number of carboxylic acid groups (broad SMARTS) is 2. The predicted octanol–water partition coefficient (Wildman–Crippen LogP) is 0.162. The van der Waals surface area contributed by atoms with Crippen molar-refractivity contribution < 1.29 is 24.9 Å². The normalized spacial score (nSPS) is 20.0. The molecule has 0 aliphatic heterocycles. The van der Waals surface area contributed by atoms with Gasteiger partial charge in [0.05, 0.1) is 12.1 Å². The van der Waals surface area contributed by atoms with Gasteiger partial charge in [0.25, 0.3) is 0 Å². The van der Waals surface area contributed by atoms with Gasteiger partial charge in [-0.05, 0) is 17.5 Å². The summed E-state index contributed by atoms with van der Waals surface area (Å²) >= 11 is 0. The molecular formula is C14H18N2O5. The first kappa shape index (κ1) is 16.8. The van der Waals surface area contributed by atoms with E-state index in [4.69, 9.17) is 16.1 Å². The van der Waals surface area contributed by atoms with Crippen molar-refractivity contribution in [3.05, 3.63) is 47.5 Å². The van der Waals surface area contributed by atoms with E-state index in [0.29, 0.717) is 12.2 Å². The Bertz CT molecular complexity index is 526. The molecule has 5 N–H and O–H groups in total. The Balaban J connectivity index is 0.000000240. The molecule has 0 radical (unpaired) electrons. The van der Waals surface area contributed by atoms with Crippen LogP contribution in [0.25, 0.3) is 0 Å². The Labute approximate surface area is 121 Å². The van der Waals surface area contributed by atoms with E-state index >= 15 is 0 Å². The van der Waals surface area contributed by atoms with Crippen LogP contribution in [0.3, 0.4) is 0 Å². The second kappa shape index (κ2) is 7.53. The number of hydrogen-bond acceptors (Lipinski definition) is 5. The van der Waals surface area contributed by atoms with Crippen LogP contribution in [0.4, 0.5) is 0 Å². The summed E-state index contributed by atoms with van der Waals surface area (Å²) in [6.07, 6.45) is 1.51. The number of carbonyl (C=O) groups is 2. The molecule has 1 aromatic carbocycles. The highest BCUT2D eigenvalue weighted by molar-refractivity contribution is 5.89. The predicted molar refractivity (Wildman–Crippen MR) is 75.3 cm³/mol. The van der Waals surface area contributed by atoms with Crippen molar-refractivity contribution >= 4 is 11.9 Å². The fourth-order valence-electron chi connectivity index (χ4n) is 2.06. The average molecular weight is 294 g/mol. The lowest BCUT2D eigenvalue weighted by Crippen LogP contribution is -2.40. The second-order valence-electron chi connectivity index (χ2n) is 4.59. The summed E-state index contributed by atoms with van der Waals surface area (Å²) in [7, 11) is 1.79. The lowest BCUT2D eigenvalue weighted by molar-refractivity contribution is -0.134. The highest BCUT2D eigenvalue weighted by atomic mass is 16.4. The number of likely N-dealkylation sites (N-methyl/N-ethyl adjacent to an activating group) is 1. The number of nitrogens with two attached hydrogens (primary N) is 1. The lowest BCUT2D eigenvalue weighted by Gasteiger charge is -2.21. The minimum Gasteiger partial charge on any atom is -0.478 e. The number of aliphatic hydroxyl groups is 1. The monoisotopic (exact) mass is 294 g/mol. The van der Waals surface area contributed by atoms with Crippen molar-refractivity contribution in [2.24, 2.45) is 5.84 Å². The van der Waals surface area contributed by atoms with Crippen molar-refractivity contribution in [3.8, 4) is 0 Å². The molecule has 1 aliphatic carbocycles. The molecule has 0 saturated heterocycles. The first-order valence-corrected chi connectivity index (χ1v) is 6.20. The molecule has 0 amide bonds. The zero-order valence-corrected chi connectivity index (χ0v) is 11.5. The third kappa shape index (κ3) is 4.99. The number of nitrogens with zero attached hydrogens (tertiary/aromatic N) is 1. The number of hydrazine groups is 1. The number of carboxylic acids is 2. The molecule has 0 saturated carbocycles. The van der Waals surface area contributed by atoms with Crippen molar-refractivity contribution in [2.75, 3.05) is 7.05 Å². The maximum atomic E-state index is 9.89. The molecule has 0 heterocycles. The van der Waals surface area contributed by atoms with Crippen molar-refractivity contribution in [3.63, 3.8) is 0 Å². The summed E-state index contributed by atoms with van der Waals surface area (Å²) in [5, 5.41) is 27.1. The van der Waals surface area contributed by atoms with E-state index in [9.17, 15) is 14.7 Å². The van der Waals surface area contributed by atoms with E-state index in [1.54, 1.807) is 12.1 Å². The van der Waals surface area contributed by atoms with Crippen molar-refractivity contribution in [2.45, 2.75) is 18.6 Å². The molecule has 0 bridgehead atoms. The third-order valence-electron chi connectivity index (χ3n) is 3.06. The van der Waals surface area contributed by atoms with Gasteiger partial charge < -0.3 is 15.3 Å². The van der Waals surface area contributed by atoms with E-state index < -0.39 is 18.0 Å². The first-order chi connectivity index (χ1) is 9.82. The minimum absolute atomic E-state index is 0.0254. The van der Waals surface area contributed by atoms with Gasteiger partial charge in [-0.15, -0.1) is 0 Å². The van der Waals surface area contributed by atoms with E-state index in [2.05, 4.69) is 0 Å². The molecule has 0 unspecified atom stereocenters. The first-order valence-electron chi connectivity index (χ1n) is 6.20.